The fourth-order valence-corrected chi connectivity index (χ4v) is 2.22. The second kappa shape index (κ2) is 7.54. The molecule has 1 heterocycles. The Kier molecular flexibility index (Phi) is 5.71. The lowest BCUT2D eigenvalue weighted by molar-refractivity contribution is -0.118. The number of nitrogens with zero attached hydrogens (tertiary/aromatic N) is 1. The van der Waals surface area contributed by atoms with E-state index in [2.05, 4.69) is 10.3 Å². The highest BCUT2D eigenvalue weighted by atomic mass is 35.5. The van der Waals surface area contributed by atoms with E-state index in [-0.39, 0.29) is 12.4 Å². The van der Waals surface area contributed by atoms with Crippen LogP contribution in [0.2, 0.25) is 15.1 Å². The molecule has 2 aromatic rings. The van der Waals surface area contributed by atoms with Gasteiger partial charge in [-0.05, 0) is 24.3 Å². The van der Waals surface area contributed by atoms with Crippen molar-refractivity contribution in [1.29, 1.82) is 0 Å². The van der Waals surface area contributed by atoms with Crippen molar-refractivity contribution >= 4 is 46.5 Å². The molecule has 116 valence electrons. The van der Waals surface area contributed by atoms with Crippen LogP contribution in [-0.2, 0) is 4.79 Å². The molecule has 0 aliphatic heterocycles. The van der Waals surface area contributed by atoms with Gasteiger partial charge in [-0.2, -0.15) is 4.98 Å². The zero-order valence-corrected chi connectivity index (χ0v) is 13.7. The Hall–Kier alpha value is -1.69. The van der Waals surface area contributed by atoms with E-state index < -0.39 is 5.91 Å². The van der Waals surface area contributed by atoms with Crippen molar-refractivity contribution < 1.29 is 14.3 Å². The quantitative estimate of drug-likeness (QED) is 0.872. The maximum absolute atomic E-state index is 11.8. The van der Waals surface area contributed by atoms with Gasteiger partial charge in [0.15, 0.2) is 6.61 Å². The minimum atomic E-state index is -0.414. The molecule has 0 aliphatic rings. The van der Waals surface area contributed by atoms with Crippen LogP contribution >= 0.6 is 34.8 Å². The van der Waals surface area contributed by atoms with E-state index in [4.69, 9.17) is 44.3 Å². The molecule has 1 N–H and O–H groups in total. The Morgan fingerprint density at radius 3 is 2.64 bits per heavy atom. The summed E-state index contributed by atoms with van der Waals surface area (Å²) in [6.45, 7) is -0.238. The molecule has 0 unspecified atom stereocenters. The van der Waals surface area contributed by atoms with Gasteiger partial charge in [-0.25, -0.2) is 0 Å². The first kappa shape index (κ1) is 16.7. The number of hydrogen-bond donors (Lipinski definition) is 1. The maximum atomic E-state index is 11.8. The summed E-state index contributed by atoms with van der Waals surface area (Å²) in [6.07, 6.45) is 0. The molecule has 1 amide bonds. The number of halogens is 3. The summed E-state index contributed by atoms with van der Waals surface area (Å²) >= 11 is 17.6. The predicted octanol–water partition coefficient (Wildman–Crippen LogP) is 4.07. The zero-order chi connectivity index (χ0) is 16.1. The molecule has 0 spiro atoms. The van der Waals surface area contributed by atoms with Gasteiger partial charge in [0.2, 0.25) is 5.88 Å². The van der Waals surface area contributed by atoms with Crippen molar-refractivity contribution in [2.75, 3.05) is 19.0 Å². The van der Waals surface area contributed by atoms with Crippen LogP contribution in [0, 0.1) is 0 Å². The minimum Gasteiger partial charge on any atom is -0.482 e. The lowest BCUT2D eigenvalue weighted by Crippen LogP contribution is -2.21. The first-order valence-electron chi connectivity index (χ1n) is 6.07. The normalized spacial score (nSPS) is 10.2. The van der Waals surface area contributed by atoms with E-state index in [0.29, 0.717) is 26.7 Å². The second-order valence-electron chi connectivity index (χ2n) is 4.12. The summed E-state index contributed by atoms with van der Waals surface area (Å²) in [4.78, 5) is 15.9. The molecule has 1 aromatic heterocycles. The van der Waals surface area contributed by atoms with Crippen LogP contribution in [0.5, 0.6) is 11.6 Å². The van der Waals surface area contributed by atoms with E-state index >= 15 is 0 Å². The lowest BCUT2D eigenvalue weighted by atomic mass is 10.3. The van der Waals surface area contributed by atoms with Crippen molar-refractivity contribution in [2.45, 2.75) is 0 Å². The highest BCUT2D eigenvalue weighted by Gasteiger charge is 2.09. The van der Waals surface area contributed by atoms with Crippen molar-refractivity contribution in [2.24, 2.45) is 0 Å². The fraction of sp³-hybridized carbons (Fsp3) is 0.143. The Labute approximate surface area is 142 Å². The average molecular weight is 362 g/mol. The Balaban J connectivity index is 1.97. The molecule has 0 saturated carbocycles. The van der Waals surface area contributed by atoms with Gasteiger partial charge < -0.3 is 14.8 Å². The van der Waals surface area contributed by atoms with Gasteiger partial charge in [0, 0.05) is 16.1 Å². The average Bonchev–Trinajstić information content (AvgIpc) is 2.45. The maximum Gasteiger partial charge on any atom is 0.263 e. The third kappa shape index (κ3) is 4.66. The number of methoxy groups -OCH3 is 1. The largest absolute Gasteiger partial charge is 0.482 e. The summed E-state index contributed by atoms with van der Waals surface area (Å²) in [6, 6.07) is 7.75. The molecular formula is C14H11Cl3N2O3. The smallest absolute Gasteiger partial charge is 0.263 e. The summed E-state index contributed by atoms with van der Waals surface area (Å²) in [5, 5.41) is 3.75. The number of ether oxygens (including phenoxy) is 2. The summed E-state index contributed by atoms with van der Waals surface area (Å²) in [7, 11) is 1.45. The van der Waals surface area contributed by atoms with Gasteiger partial charge in [0.1, 0.15) is 11.6 Å². The van der Waals surface area contributed by atoms with E-state index in [1.807, 2.05) is 0 Å². The highest BCUT2D eigenvalue weighted by Crippen LogP contribution is 2.27. The van der Waals surface area contributed by atoms with Crippen LogP contribution in [0.4, 0.5) is 5.82 Å². The molecule has 0 saturated heterocycles. The molecule has 8 heteroatoms. The van der Waals surface area contributed by atoms with E-state index in [1.54, 1.807) is 12.1 Å². The van der Waals surface area contributed by atoms with Gasteiger partial charge in [0.25, 0.3) is 5.91 Å². The first-order valence-corrected chi connectivity index (χ1v) is 7.20. The van der Waals surface area contributed by atoms with Crippen LogP contribution in [-0.4, -0.2) is 24.6 Å². The molecule has 0 bridgehead atoms. The molecule has 0 atom stereocenters. The Morgan fingerprint density at radius 1 is 1.18 bits per heavy atom. The standard InChI is InChI=1S/C14H11Cl3N2O3/c1-21-14-6-9(16)5-12(19-14)18-13(20)7-22-11-3-2-8(15)4-10(11)17/h2-6H,7H2,1H3,(H,18,19,20). The van der Waals surface area contributed by atoms with E-state index in [1.165, 1.54) is 25.3 Å². The van der Waals surface area contributed by atoms with Crippen LogP contribution in [0.1, 0.15) is 0 Å². The molecule has 5 nitrogen and oxygen atoms in total. The number of anilines is 1. The summed E-state index contributed by atoms with van der Waals surface area (Å²) in [5.41, 5.74) is 0. The van der Waals surface area contributed by atoms with Crippen LogP contribution in [0.15, 0.2) is 30.3 Å². The SMILES string of the molecule is COc1cc(Cl)cc(NC(=O)COc2ccc(Cl)cc2Cl)n1. The number of nitrogens with one attached hydrogen (secondary N) is 1. The second-order valence-corrected chi connectivity index (χ2v) is 5.40. The Bertz CT molecular complexity index is 695. The minimum absolute atomic E-state index is 0.238. The lowest BCUT2D eigenvalue weighted by Gasteiger charge is -2.09. The van der Waals surface area contributed by atoms with Gasteiger partial charge in [-0.1, -0.05) is 34.8 Å². The van der Waals surface area contributed by atoms with Crippen LogP contribution in [0.25, 0.3) is 0 Å². The summed E-state index contributed by atoms with van der Waals surface area (Å²) < 4.78 is 10.3. The molecule has 1 aromatic carbocycles. The van der Waals surface area contributed by atoms with Crippen molar-refractivity contribution in [3.05, 3.63) is 45.4 Å². The number of carbonyl (C=O) groups excluding carboxylic acids is 1. The molecule has 0 aliphatic carbocycles. The van der Waals surface area contributed by atoms with Crippen LogP contribution in [0.3, 0.4) is 0 Å². The van der Waals surface area contributed by atoms with Gasteiger partial charge in [-0.3, -0.25) is 4.79 Å². The van der Waals surface area contributed by atoms with E-state index in [9.17, 15) is 4.79 Å². The molecule has 22 heavy (non-hydrogen) atoms. The monoisotopic (exact) mass is 360 g/mol. The Morgan fingerprint density at radius 2 is 1.95 bits per heavy atom. The topological polar surface area (TPSA) is 60.5 Å². The van der Waals surface area contributed by atoms with Gasteiger partial charge in [-0.15, -0.1) is 0 Å². The molecular weight excluding hydrogens is 351 g/mol. The van der Waals surface area contributed by atoms with Crippen LogP contribution < -0.4 is 14.8 Å². The molecule has 0 fully saturated rings. The number of amides is 1. The number of rotatable bonds is 5. The fourth-order valence-electron chi connectivity index (χ4n) is 1.56. The van der Waals surface area contributed by atoms with Crippen molar-refractivity contribution in [3.8, 4) is 11.6 Å². The summed E-state index contributed by atoms with van der Waals surface area (Å²) in [5.74, 6) is 0.505. The van der Waals surface area contributed by atoms with Gasteiger partial charge >= 0.3 is 0 Å². The third-order valence-electron chi connectivity index (χ3n) is 2.50. The number of pyridine rings is 1. The van der Waals surface area contributed by atoms with Crippen molar-refractivity contribution in [1.82, 2.24) is 4.98 Å². The predicted molar refractivity (Wildman–Crippen MR) is 86.4 cm³/mol. The highest BCUT2D eigenvalue weighted by molar-refractivity contribution is 6.35. The van der Waals surface area contributed by atoms with E-state index in [0.717, 1.165) is 0 Å². The number of aromatic nitrogens is 1. The molecule has 2 rings (SSSR count). The zero-order valence-electron chi connectivity index (χ0n) is 11.4. The number of benzene rings is 1. The first-order chi connectivity index (χ1) is 10.5. The third-order valence-corrected chi connectivity index (χ3v) is 3.24. The number of hydrogen-bond acceptors (Lipinski definition) is 4. The molecule has 0 radical (unpaired) electrons. The van der Waals surface area contributed by atoms with Gasteiger partial charge in [0.05, 0.1) is 12.1 Å². The van der Waals surface area contributed by atoms with Crippen molar-refractivity contribution in [3.63, 3.8) is 0 Å². The number of carbonyl (C=O) groups is 1.